The molecule has 1 aromatic rings. The minimum Gasteiger partial charge on any atom is -0.295 e. The lowest BCUT2D eigenvalue weighted by atomic mass is 9.95. The van der Waals surface area contributed by atoms with Crippen LogP contribution in [0.5, 0.6) is 0 Å². The Labute approximate surface area is 85.1 Å². The third-order valence-corrected chi connectivity index (χ3v) is 3.22. The van der Waals surface area contributed by atoms with Gasteiger partial charge >= 0.3 is 0 Å². The minimum atomic E-state index is 0.176. The van der Waals surface area contributed by atoms with E-state index in [1.54, 1.807) is 6.92 Å². The first-order chi connectivity index (χ1) is 6.59. The molecule has 1 nitrogen and oxygen atoms in total. The van der Waals surface area contributed by atoms with Gasteiger partial charge in [-0.3, -0.25) is 4.79 Å². The monoisotopic (exact) mass is 188 g/mol. The molecule has 0 aliphatic heterocycles. The van der Waals surface area contributed by atoms with E-state index in [9.17, 15) is 4.79 Å². The molecule has 1 unspecified atom stereocenters. The van der Waals surface area contributed by atoms with E-state index in [2.05, 4.69) is 19.9 Å². The van der Waals surface area contributed by atoms with Crippen LogP contribution in [0.4, 0.5) is 0 Å². The lowest BCUT2D eigenvalue weighted by Gasteiger charge is -2.10. The molecular formula is C13H16O. The molecule has 0 spiro atoms. The van der Waals surface area contributed by atoms with E-state index in [0.29, 0.717) is 5.92 Å². The second-order valence-corrected chi connectivity index (χ2v) is 4.36. The van der Waals surface area contributed by atoms with Crippen LogP contribution in [-0.4, -0.2) is 5.78 Å². The van der Waals surface area contributed by atoms with Crippen LogP contribution in [0.1, 0.15) is 53.2 Å². The molecule has 0 bridgehead atoms. The largest absolute Gasteiger partial charge is 0.295 e. The predicted octanol–water partition coefficient (Wildman–Crippen LogP) is 3.25. The number of rotatable bonds is 1. The molecular weight excluding hydrogens is 172 g/mol. The van der Waals surface area contributed by atoms with E-state index in [-0.39, 0.29) is 5.78 Å². The predicted molar refractivity (Wildman–Crippen MR) is 57.9 cm³/mol. The van der Waals surface area contributed by atoms with Gasteiger partial charge in [-0.15, -0.1) is 0 Å². The van der Waals surface area contributed by atoms with Gasteiger partial charge in [0.1, 0.15) is 0 Å². The van der Waals surface area contributed by atoms with E-state index in [0.717, 1.165) is 12.0 Å². The average Bonchev–Trinajstić information content (AvgIpc) is 2.48. The third-order valence-electron chi connectivity index (χ3n) is 3.22. The van der Waals surface area contributed by atoms with Gasteiger partial charge in [0.05, 0.1) is 0 Å². The summed E-state index contributed by atoms with van der Waals surface area (Å²) >= 11 is 0. The highest BCUT2D eigenvalue weighted by Crippen LogP contribution is 2.35. The molecule has 0 heterocycles. The maximum atomic E-state index is 11.3. The first-order valence-electron chi connectivity index (χ1n) is 5.24. The second kappa shape index (κ2) is 3.23. The third kappa shape index (κ3) is 1.37. The summed E-state index contributed by atoms with van der Waals surface area (Å²) in [5.41, 5.74) is 5.03. The zero-order valence-corrected chi connectivity index (χ0v) is 9.05. The van der Waals surface area contributed by atoms with Gasteiger partial charge in [-0.05, 0) is 61.4 Å². The van der Waals surface area contributed by atoms with Gasteiger partial charge in [-0.25, -0.2) is 0 Å². The number of aryl methyl sites for hydroxylation is 2. The molecule has 14 heavy (non-hydrogen) atoms. The van der Waals surface area contributed by atoms with Crippen molar-refractivity contribution in [1.82, 2.24) is 0 Å². The Morgan fingerprint density at radius 2 is 2.14 bits per heavy atom. The second-order valence-electron chi connectivity index (χ2n) is 4.36. The zero-order chi connectivity index (χ0) is 10.3. The Hall–Kier alpha value is -1.11. The van der Waals surface area contributed by atoms with E-state index >= 15 is 0 Å². The fourth-order valence-electron chi connectivity index (χ4n) is 2.50. The molecule has 0 N–H and O–H groups in total. The number of hydrogen-bond acceptors (Lipinski definition) is 1. The number of hydrogen-bond donors (Lipinski definition) is 0. The van der Waals surface area contributed by atoms with Crippen LogP contribution in [0.15, 0.2) is 12.1 Å². The zero-order valence-electron chi connectivity index (χ0n) is 9.05. The fourth-order valence-corrected chi connectivity index (χ4v) is 2.50. The standard InChI is InChI=1S/C13H16O/c1-8-4-5-11-7-12(10(3)14)6-9(2)13(8)11/h6-8H,4-5H2,1-3H3. The highest BCUT2D eigenvalue weighted by atomic mass is 16.1. The molecule has 1 aromatic carbocycles. The summed E-state index contributed by atoms with van der Waals surface area (Å²) in [6.45, 7) is 6.03. The smallest absolute Gasteiger partial charge is 0.159 e. The van der Waals surface area contributed by atoms with Gasteiger partial charge in [0.15, 0.2) is 5.78 Å². The van der Waals surface area contributed by atoms with Gasteiger partial charge < -0.3 is 0 Å². The van der Waals surface area contributed by atoms with E-state index in [1.807, 2.05) is 6.07 Å². The molecule has 0 saturated heterocycles. The summed E-state index contributed by atoms with van der Waals surface area (Å²) in [6.07, 6.45) is 2.37. The number of fused-ring (bicyclic) bond motifs is 1. The van der Waals surface area contributed by atoms with Crippen LogP contribution in [-0.2, 0) is 6.42 Å². The number of carbonyl (C=O) groups excluding carboxylic acids is 1. The number of Topliss-reactive ketones (excluding diaryl/α,β-unsaturated/α-hetero) is 1. The van der Waals surface area contributed by atoms with Crippen molar-refractivity contribution in [3.63, 3.8) is 0 Å². The summed E-state index contributed by atoms with van der Waals surface area (Å²) in [4.78, 5) is 11.3. The molecule has 0 amide bonds. The topological polar surface area (TPSA) is 17.1 Å². The Morgan fingerprint density at radius 3 is 2.79 bits per heavy atom. The lowest BCUT2D eigenvalue weighted by Crippen LogP contribution is -1.98. The van der Waals surface area contributed by atoms with Gasteiger partial charge in [0.2, 0.25) is 0 Å². The molecule has 1 atom stereocenters. The van der Waals surface area contributed by atoms with Crippen molar-refractivity contribution in [3.8, 4) is 0 Å². The van der Waals surface area contributed by atoms with Crippen molar-refractivity contribution >= 4 is 5.78 Å². The summed E-state index contributed by atoms with van der Waals surface area (Å²) in [5.74, 6) is 0.849. The summed E-state index contributed by atoms with van der Waals surface area (Å²) in [6, 6.07) is 4.11. The van der Waals surface area contributed by atoms with Gasteiger partial charge in [-0.2, -0.15) is 0 Å². The molecule has 1 aliphatic rings. The molecule has 0 aromatic heterocycles. The van der Waals surface area contributed by atoms with Crippen molar-refractivity contribution in [1.29, 1.82) is 0 Å². The first-order valence-corrected chi connectivity index (χ1v) is 5.24. The maximum absolute atomic E-state index is 11.3. The molecule has 2 rings (SSSR count). The van der Waals surface area contributed by atoms with E-state index in [4.69, 9.17) is 0 Å². The van der Waals surface area contributed by atoms with Crippen molar-refractivity contribution in [3.05, 3.63) is 34.4 Å². The molecule has 1 aliphatic carbocycles. The highest BCUT2D eigenvalue weighted by molar-refractivity contribution is 5.94. The normalized spacial score (nSPS) is 19.5. The number of benzene rings is 1. The van der Waals surface area contributed by atoms with Crippen LogP contribution in [0.2, 0.25) is 0 Å². The average molecular weight is 188 g/mol. The summed E-state index contributed by atoms with van der Waals surface area (Å²) < 4.78 is 0. The number of carbonyl (C=O) groups is 1. The quantitative estimate of drug-likeness (QED) is 0.618. The Balaban J connectivity index is 2.57. The van der Waals surface area contributed by atoms with Crippen LogP contribution in [0.25, 0.3) is 0 Å². The van der Waals surface area contributed by atoms with Crippen molar-refractivity contribution in [2.45, 2.75) is 39.5 Å². The van der Waals surface area contributed by atoms with Crippen LogP contribution in [0.3, 0.4) is 0 Å². The number of ketones is 1. The first kappa shape index (κ1) is 9.45. The fraction of sp³-hybridized carbons (Fsp3) is 0.462. The molecule has 0 fully saturated rings. The van der Waals surface area contributed by atoms with Gasteiger partial charge in [0.25, 0.3) is 0 Å². The van der Waals surface area contributed by atoms with Crippen molar-refractivity contribution < 1.29 is 4.79 Å². The molecule has 74 valence electrons. The van der Waals surface area contributed by atoms with Crippen molar-refractivity contribution in [2.24, 2.45) is 0 Å². The van der Waals surface area contributed by atoms with E-state index in [1.165, 1.54) is 23.1 Å². The van der Waals surface area contributed by atoms with Gasteiger partial charge in [0, 0.05) is 5.56 Å². The van der Waals surface area contributed by atoms with Gasteiger partial charge in [-0.1, -0.05) is 6.92 Å². The molecule has 0 radical (unpaired) electrons. The van der Waals surface area contributed by atoms with Crippen LogP contribution >= 0.6 is 0 Å². The van der Waals surface area contributed by atoms with Crippen LogP contribution < -0.4 is 0 Å². The maximum Gasteiger partial charge on any atom is 0.159 e. The summed E-state index contributed by atoms with van der Waals surface area (Å²) in [5, 5.41) is 0. The Morgan fingerprint density at radius 1 is 1.43 bits per heavy atom. The Kier molecular flexibility index (Phi) is 2.18. The Bertz CT molecular complexity index is 390. The van der Waals surface area contributed by atoms with Crippen LogP contribution in [0, 0.1) is 6.92 Å². The SMILES string of the molecule is CC(=O)c1cc(C)c2c(c1)CCC2C. The highest BCUT2D eigenvalue weighted by Gasteiger charge is 2.21. The molecule has 0 saturated carbocycles. The molecule has 1 heteroatoms. The lowest BCUT2D eigenvalue weighted by molar-refractivity contribution is 0.101. The van der Waals surface area contributed by atoms with Crippen molar-refractivity contribution in [2.75, 3.05) is 0 Å². The van der Waals surface area contributed by atoms with E-state index < -0.39 is 0 Å². The summed E-state index contributed by atoms with van der Waals surface area (Å²) in [7, 11) is 0. The minimum absolute atomic E-state index is 0.176.